The Kier molecular flexibility index (Phi) is 6.29. The monoisotopic (exact) mass is 387 g/mol. The fraction of sp³-hybridized carbons (Fsp3) is 0.188. The zero-order valence-corrected chi connectivity index (χ0v) is 14.0. The number of nitro benzene ring substituents is 1. The minimum Gasteiger partial charge on any atom is -0.493 e. The maximum atomic E-state index is 12.4. The number of nitrogens with zero attached hydrogens (tertiary/aromatic N) is 1. The van der Waals surface area contributed by atoms with E-state index in [0.717, 1.165) is 6.07 Å². The fourth-order valence-corrected chi connectivity index (χ4v) is 2.32. The summed E-state index contributed by atoms with van der Waals surface area (Å²) in [4.78, 5) is 22.1. The first-order valence-corrected chi connectivity index (χ1v) is 7.42. The van der Waals surface area contributed by atoms with Crippen molar-refractivity contribution in [1.29, 1.82) is 0 Å². The summed E-state index contributed by atoms with van der Waals surface area (Å²) in [7, 11) is 1.24. The molecule has 0 saturated carbocycles. The SMILES string of the molecule is COc1cc(COC(=O)c2cccc([N+](=O)[O-])c2)cc(Cl)c1OC(F)F. The van der Waals surface area contributed by atoms with Gasteiger partial charge in [-0.05, 0) is 23.8 Å². The molecule has 0 radical (unpaired) electrons. The first-order valence-electron chi connectivity index (χ1n) is 7.04. The standard InChI is InChI=1S/C16H12ClF2NO6/c1-24-13-6-9(5-12(17)14(13)26-16(18)19)8-25-15(21)10-3-2-4-11(7-10)20(22)23/h2-7,16H,8H2,1H3. The van der Waals surface area contributed by atoms with Gasteiger partial charge in [-0.2, -0.15) is 8.78 Å². The van der Waals surface area contributed by atoms with Gasteiger partial charge in [0.1, 0.15) is 6.61 Å². The zero-order valence-electron chi connectivity index (χ0n) is 13.3. The molecule has 0 aliphatic carbocycles. The molecule has 0 aromatic heterocycles. The van der Waals surface area contributed by atoms with Crippen LogP contribution in [0.2, 0.25) is 5.02 Å². The van der Waals surface area contributed by atoms with Crippen molar-refractivity contribution in [3.8, 4) is 11.5 Å². The van der Waals surface area contributed by atoms with Crippen LogP contribution in [0, 0.1) is 10.1 Å². The Balaban J connectivity index is 2.14. The molecule has 26 heavy (non-hydrogen) atoms. The molecule has 0 fully saturated rings. The van der Waals surface area contributed by atoms with Gasteiger partial charge in [0.15, 0.2) is 11.5 Å². The number of nitro groups is 1. The largest absolute Gasteiger partial charge is 0.493 e. The summed E-state index contributed by atoms with van der Waals surface area (Å²) in [6.45, 7) is -3.34. The number of hydrogen-bond donors (Lipinski definition) is 0. The molecule has 0 N–H and O–H groups in total. The highest BCUT2D eigenvalue weighted by Crippen LogP contribution is 2.37. The normalized spacial score (nSPS) is 10.5. The third-order valence-electron chi connectivity index (χ3n) is 3.16. The lowest BCUT2D eigenvalue weighted by Gasteiger charge is -2.13. The first-order chi connectivity index (χ1) is 12.3. The number of alkyl halides is 2. The number of methoxy groups -OCH3 is 1. The van der Waals surface area contributed by atoms with Crippen LogP contribution in [0.25, 0.3) is 0 Å². The van der Waals surface area contributed by atoms with Crippen LogP contribution in [0.3, 0.4) is 0 Å². The van der Waals surface area contributed by atoms with Gasteiger partial charge in [0, 0.05) is 12.1 Å². The van der Waals surface area contributed by atoms with Crippen molar-refractivity contribution >= 4 is 23.3 Å². The van der Waals surface area contributed by atoms with Gasteiger partial charge < -0.3 is 14.2 Å². The summed E-state index contributed by atoms with van der Waals surface area (Å²) in [5.41, 5.74) is 0.0971. The molecule has 2 aromatic carbocycles. The summed E-state index contributed by atoms with van der Waals surface area (Å²) in [5.74, 6) is -1.19. The highest BCUT2D eigenvalue weighted by molar-refractivity contribution is 6.32. The van der Waals surface area contributed by atoms with E-state index in [9.17, 15) is 23.7 Å². The van der Waals surface area contributed by atoms with E-state index in [0.29, 0.717) is 5.56 Å². The van der Waals surface area contributed by atoms with E-state index in [2.05, 4.69) is 4.74 Å². The smallest absolute Gasteiger partial charge is 0.387 e. The highest BCUT2D eigenvalue weighted by atomic mass is 35.5. The van der Waals surface area contributed by atoms with Gasteiger partial charge in [-0.15, -0.1) is 0 Å². The quantitative estimate of drug-likeness (QED) is 0.401. The van der Waals surface area contributed by atoms with E-state index < -0.39 is 17.5 Å². The van der Waals surface area contributed by atoms with Gasteiger partial charge in [0.05, 0.1) is 22.6 Å². The van der Waals surface area contributed by atoms with Crippen LogP contribution >= 0.6 is 11.6 Å². The van der Waals surface area contributed by atoms with Gasteiger partial charge in [-0.25, -0.2) is 4.79 Å². The third-order valence-corrected chi connectivity index (χ3v) is 3.44. The van der Waals surface area contributed by atoms with E-state index in [4.69, 9.17) is 21.1 Å². The van der Waals surface area contributed by atoms with Crippen LogP contribution in [0.4, 0.5) is 14.5 Å². The fourth-order valence-electron chi connectivity index (χ4n) is 2.04. The molecule has 0 unspecified atom stereocenters. The Morgan fingerprint density at radius 2 is 2.04 bits per heavy atom. The van der Waals surface area contributed by atoms with E-state index >= 15 is 0 Å². The predicted molar refractivity (Wildman–Crippen MR) is 86.9 cm³/mol. The molecule has 0 spiro atoms. The molecule has 0 aliphatic heterocycles. The minimum absolute atomic E-state index is 0.00471. The number of non-ortho nitro benzene ring substituents is 1. The number of hydrogen-bond acceptors (Lipinski definition) is 6. The number of rotatable bonds is 7. The van der Waals surface area contributed by atoms with Crippen molar-refractivity contribution in [3.05, 3.63) is 62.7 Å². The van der Waals surface area contributed by atoms with Gasteiger partial charge in [-0.1, -0.05) is 17.7 Å². The second-order valence-corrected chi connectivity index (χ2v) is 5.28. The summed E-state index contributed by atoms with van der Waals surface area (Å²) in [5, 5.41) is 10.6. The first kappa shape index (κ1) is 19.4. The molecule has 0 atom stereocenters. The van der Waals surface area contributed by atoms with Crippen molar-refractivity contribution in [2.24, 2.45) is 0 Å². The molecule has 10 heteroatoms. The van der Waals surface area contributed by atoms with Gasteiger partial charge in [0.25, 0.3) is 5.69 Å². The maximum Gasteiger partial charge on any atom is 0.387 e. The topological polar surface area (TPSA) is 87.9 Å². The lowest BCUT2D eigenvalue weighted by molar-refractivity contribution is -0.384. The summed E-state index contributed by atoms with van der Waals surface area (Å²) in [6, 6.07) is 7.64. The molecule has 138 valence electrons. The van der Waals surface area contributed by atoms with Crippen molar-refractivity contribution in [2.45, 2.75) is 13.2 Å². The Morgan fingerprint density at radius 1 is 1.31 bits per heavy atom. The number of esters is 1. The molecule has 0 amide bonds. The third kappa shape index (κ3) is 4.79. The number of ether oxygens (including phenoxy) is 3. The van der Waals surface area contributed by atoms with Gasteiger partial charge >= 0.3 is 12.6 Å². The summed E-state index contributed by atoms with van der Waals surface area (Å²) < 4.78 is 39.1. The lowest BCUT2D eigenvalue weighted by atomic mass is 10.2. The molecule has 0 bridgehead atoms. The predicted octanol–water partition coefficient (Wildman–Crippen LogP) is 4.22. The molecule has 0 saturated heterocycles. The molecular formula is C16H12ClF2NO6. The summed E-state index contributed by atoms with van der Waals surface area (Å²) in [6.07, 6.45) is 0. The van der Waals surface area contributed by atoms with Crippen LogP contribution < -0.4 is 9.47 Å². The lowest BCUT2D eigenvalue weighted by Crippen LogP contribution is -2.07. The van der Waals surface area contributed by atoms with E-state index in [1.54, 1.807) is 0 Å². The van der Waals surface area contributed by atoms with Crippen molar-refractivity contribution in [3.63, 3.8) is 0 Å². The minimum atomic E-state index is -3.08. The molecule has 7 nitrogen and oxygen atoms in total. The second-order valence-electron chi connectivity index (χ2n) is 4.87. The molecule has 2 aromatic rings. The molecule has 0 heterocycles. The number of benzene rings is 2. The molecule has 0 aliphatic rings. The van der Waals surface area contributed by atoms with Crippen LogP contribution in [0.5, 0.6) is 11.5 Å². The Morgan fingerprint density at radius 3 is 2.65 bits per heavy atom. The van der Waals surface area contributed by atoms with Crippen LogP contribution in [0.1, 0.15) is 15.9 Å². The maximum absolute atomic E-state index is 12.4. The average molecular weight is 388 g/mol. The van der Waals surface area contributed by atoms with E-state index in [1.165, 1.54) is 37.4 Å². The number of halogens is 3. The van der Waals surface area contributed by atoms with Crippen LogP contribution in [-0.4, -0.2) is 24.6 Å². The Bertz CT molecular complexity index is 830. The van der Waals surface area contributed by atoms with Crippen molar-refractivity contribution in [1.82, 2.24) is 0 Å². The van der Waals surface area contributed by atoms with Gasteiger partial charge in [0.2, 0.25) is 0 Å². The highest BCUT2D eigenvalue weighted by Gasteiger charge is 2.18. The van der Waals surface area contributed by atoms with Crippen molar-refractivity contribution in [2.75, 3.05) is 7.11 Å². The summed E-state index contributed by atoms with van der Waals surface area (Å²) >= 11 is 5.89. The number of carbonyl (C=O) groups excluding carboxylic acids is 1. The molecule has 2 rings (SSSR count). The Labute approximate surface area is 151 Å². The molecular weight excluding hydrogens is 376 g/mol. The van der Waals surface area contributed by atoms with Crippen LogP contribution in [-0.2, 0) is 11.3 Å². The van der Waals surface area contributed by atoms with Gasteiger partial charge in [-0.3, -0.25) is 10.1 Å². The average Bonchev–Trinajstić information content (AvgIpc) is 2.61. The van der Waals surface area contributed by atoms with E-state index in [1.807, 2.05) is 0 Å². The Hall–Kier alpha value is -2.94. The van der Waals surface area contributed by atoms with Crippen LogP contribution in [0.15, 0.2) is 36.4 Å². The zero-order chi connectivity index (χ0) is 19.3. The number of carbonyl (C=O) groups is 1. The second kappa shape index (κ2) is 8.43. The van der Waals surface area contributed by atoms with E-state index in [-0.39, 0.29) is 34.4 Å². The van der Waals surface area contributed by atoms with Crippen molar-refractivity contribution < 1.29 is 32.7 Å².